The molecule has 1 fully saturated rings. The second kappa shape index (κ2) is 8.74. The van der Waals surface area contributed by atoms with Crippen LogP contribution in [-0.2, 0) is 15.0 Å². The molecule has 1 aliphatic heterocycles. The summed E-state index contributed by atoms with van der Waals surface area (Å²) < 4.78 is 0.393. The first-order chi connectivity index (χ1) is 14.1. The first-order valence-electron chi connectivity index (χ1n) is 9.81. The molecule has 2 aromatic rings. The number of carbonyl (C=O) groups excluding carboxylic acids is 2. The first kappa shape index (κ1) is 22.2. The number of thioether (sulfide) groups is 1. The molecule has 0 aromatic heterocycles. The fraction of sp³-hybridized carbons (Fsp3) is 0.292. The zero-order valence-corrected chi connectivity index (χ0v) is 19.5. The summed E-state index contributed by atoms with van der Waals surface area (Å²) in [5.74, 6) is -0.512. The summed E-state index contributed by atoms with van der Waals surface area (Å²) in [7, 11) is 0. The highest BCUT2D eigenvalue weighted by Crippen LogP contribution is 2.34. The van der Waals surface area contributed by atoms with E-state index in [0.717, 1.165) is 11.1 Å². The largest absolute Gasteiger partial charge is 0.324 e. The standard InChI is InChI=1S/C24H26N2O2S2/c1-15-6-12-19(13-7-15)25-21(27)16(2)26-22(28)20(30-23(26)29)14-17-8-10-18(11-9-17)24(3,4)5/h6-14,16H,1-5H3,(H,25,27)/b20-14-. The maximum atomic E-state index is 13.0. The molecule has 1 saturated heterocycles. The second-order valence-corrected chi connectivity index (χ2v) is 10.1. The Morgan fingerprint density at radius 2 is 1.70 bits per heavy atom. The van der Waals surface area contributed by atoms with Gasteiger partial charge in [0.15, 0.2) is 0 Å². The Labute approximate surface area is 187 Å². The highest BCUT2D eigenvalue weighted by atomic mass is 32.2. The number of nitrogens with zero attached hydrogens (tertiary/aromatic N) is 1. The molecule has 0 radical (unpaired) electrons. The molecule has 1 N–H and O–H groups in total. The lowest BCUT2D eigenvalue weighted by atomic mass is 9.87. The third-order valence-electron chi connectivity index (χ3n) is 4.98. The molecule has 0 bridgehead atoms. The van der Waals surface area contributed by atoms with Gasteiger partial charge in [0.25, 0.3) is 5.91 Å². The third kappa shape index (κ3) is 4.99. The van der Waals surface area contributed by atoms with Gasteiger partial charge in [0.2, 0.25) is 5.91 Å². The number of anilines is 1. The minimum absolute atomic E-state index is 0.0716. The Balaban J connectivity index is 1.74. The van der Waals surface area contributed by atoms with Gasteiger partial charge in [-0.15, -0.1) is 0 Å². The van der Waals surface area contributed by atoms with Gasteiger partial charge >= 0.3 is 0 Å². The van der Waals surface area contributed by atoms with Crippen molar-refractivity contribution in [3.63, 3.8) is 0 Å². The fourth-order valence-corrected chi connectivity index (χ4v) is 4.46. The maximum Gasteiger partial charge on any atom is 0.266 e. The lowest BCUT2D eigenvalue weighted by Crippen LogP contribution is -2.44. The van der Waals surface area contributed by atoms with Crippen molar-refractivity contribution in [1.82, 2.24) is 4.90 Å². The molecule has 156 valence electrons. The Morgan fingerprint density at radius 3 is 2.27 bits per heavy atom. The van der Waals surface area contributed by atoms with E-state index in [0.29, 0.717) is 14.9 Å². The van der Waals surface area contributed by atoms with E-state index < -0.39 is 6.04 Å². The van der Waals surface area contributed by atoms with Crippen LogP contribution in [0.15, 0.2) is 53.4 Å². The lowest BCUT2D eigenvalue weighted by Gasteiger charge is -2.22. The number of rotatable bonds is 4. The van der Waals surface area contributed by atoms with Gasteiger partial charge in [0, 0.05) is 5.69 Å². The summed E-state index contributed by atoms with van der Waals surface area (Å²) in [5, 5.41) is 2.85. The molecule has 4 nitrogen and oxygen atoms in total. The lowest BCUT2D eigenvalue weighted by molar-refractivity contribution is -0.129. The number of nitrogens with one attached hydrogen (secondary N) is 1. The zero-order valence-electron chi connectivity index (χ0n) is 17.9. The Bertz CT molecular complexity index is 1000. The SMILES string of the molecule is Cc1ccc(NC(=O)C(C)N2C(=O)/C(=C/c3ccc(C(C)(C)C)cc3)SC2=S)cc1. The van der Waals surface area contributed by atoms with Gasteiger partial charge in [0.05, 0.1) is 4.91 Å². The summed E-state index contributed by atoms with van der Waals surface area (Å²) in [6.45, 7) is 10.2. The molecule has 1 unspecified atom stereocenters. The van der Waals surface area contributed by atoms with Crippen molar-refractivity contribution in [2.45, 2.75) is 46.1 Å². The van der Waals surface area contributed by atoms with Crippen LogP contribution < -0.4 is 5.32 Å². The van der Waals surface area contributed by atoms with Crippen molar-refractivity contribution in [2.75, 3.05) is 5.32 Å². The van der Waals surface area contributed by atoms with Crippen molar-refractivity contribution in [1.29, 1.82) is 0 Å². The smallest absolute Gasteiger partial charge is 0.266 e. The Kier molecular flexibility index (Phi) is 6.48. The monoisotopic (exact) mass is 438 g/mol. The molecule has 1 heterocycles. The van der Waals surface area contributed by atoms with Crippen molar-refractivity contribution >= 4 is 51.9 Å². The zero-order chi connectivity index (χ0) is 22.1. The predicted octanol–water partition coefficient (Wildman–Crippen LogP) is 5.52. The van der Waals surface area contributed by atoms with Crippen LogP contribution in [0.5, 0.6) is 0 Å². The summed E-state index contributed by atoms with van der Waals surface area (Å²) in [4.78, 5) is 27.6. The van der Waals surface area contributed by atoms with Gasteiger partial charge in [-0.1, -0.05) is 86.7 Å². The molecule has 0 aliphatic carbocycles. The molecule has 6 heteroatoms. The molecule has 2 amide bonds. The van der Waals surface area contributed by atoms with E-state index in [1.165, 1.54) is 22.2 Å². The number of aryl methyl sites for hydroxylation is 1. The highest BCUT2D eigenvalue weighted by molar-refractivity contribution is 8.26. The van der Waals surface area contributed by atoms with Crippen molar-refractivity contribution in [2.24, 2.45) is 0 Å². The predicted molar refractivity (Wildman–Crippen MR) is 129 cm³/mol. The van der Waals surface area contributed by atoms with Crippen molar-refractivity contribution < 1.29 is 9.59 Å². The number of amides is 2. The van der Waals surface area contributed by atoms with Gasteiger partial charge in [-0.3, -0.25) is 14.5 Å². The van der Waals surface area contributed by atoms with Crippen LogP contribution in [0.25, 0.3) is 6.08 Å². The average Bonchev–Trinajstić information content (AvgIpc) is 2.96. The molecule has 0 saturated carbocycles. The van der Waals surface area contributed by atoms with Crippen LogP contribution in [0.4, 0.5) is 5.69 Å². The summed E-state index contributed by atoms with van der Waals surface area (Å²) in [6, 6.07) is 15.0. The normalized spacial score (nSPS) is 16.8. The van der Waals surface area contributed by atoms with Gasteiger partial charge in [-0.2, -0.15) is 0 Å². The summed E-state index contributed by atoms with van der Waals surface area (Å²) >= 11 is 6.63. The van der Waals surface area contributed by atoms with E-state index in [1.54, 1.807) is 6.92 Å². The van der Waals surface area contributed by atoms with Crippen molar-refractivity contribution in [3.05, 3.63) is 70.1 Å². The van der Waals surface area contributed by atoms with Crippen LogP contribution in [0.3, 0.4) is 0 Å². The minimum Gasteiger partial charge on any atom is -0.324 e. The van der Waals surface area contributed by atoms with Crippen LogP contribution in [0, 0.1) is 6.92 Å². The molecular weight excluding hydrogens is 412 g/mol. The topological polar surface area (TPSA) is 49.4 Å². The van der Waals surface area contributed by atoms with Crippen LogP contribution >= 0.6 is 24.0 Å². The number of hydrogen-bond donors (Lipinski definition) is 1. The third-order valence-corrected chi connectivity index (χ3v) is 6.31. The molecule has 0 spiro atoms. The Morgan fingerprint density at radius 1 is 1.10 bits per heavy atom. The molecule has 3 rings (SSSR count). The second-order valence-electron chi connectivity index (χ2n) is 8.45. The van der Waals surface area contributed by atoms with Gasteiger partial charge < -0.3 is 5.32 Å². The number of benzene rings is 2. The maximum absolute atomic E-state index is 13.0. The molecule has 1 aliphatic rings. The quantitative estimate of drug-likeness (QED) is 0.504. The molecule has 1 atom stereocenters. The average molecular weight is 439 g/mol. The molecule has 30 heavy (non-hydrogen) atoms. The first-order valence-corrected chi connectivity index (χ1v) is 11.0. The van der Waals surface area contributed by atoms with E-state index in [-0.39, 0.29) is 17.2 Å². The number of carbonyl (C=O) groups is 2. The van der Waals surface area contributed by atoms with Crippen LogP contribution in [-0.4, -0.2) is 27.1 Å². The van der Waals surface area contributed by atoms with E-state index in [2.05, 4.69) is 38.2 Å². The highest BCUT2D eigenvalue weighted by Gasteiger charge is 2.38. The molecular formula is C24H26N2O2S2. The van der Waals surface area contributed by atoms with Gasteiger partial charge in [-0.25, -0.2) is 0 Å². The van der Waals surface area contributed by atoms with E-state index >= 15 is 0 Å². The summed E-state index contributed by atoms with van der Waals surface area (Å²) in [6.07, 6.45) is 1.83. The number of hydrogen-bond acceptors (Lipinski definition) is 4. The van der Waals surface area contributed by atoms with Gasteiger partial charge in [0.1, 0.15) is 10.4 Å². The molecule has 2 aromatic carbocycles. The van der Waals surface area contributed by atoms with Crippen LogP contribution in [0.2, 0.25) is 0 Å². The van der Waals surface area contributed by atoms with Crippen LogP contribution in [0.1, 0.15) is 44.4 Å². The van der Waals surface area contributed by atoms with Crippen molar-refractivity contribution in [3.8, 4) is 0 Å². The number of thiocarbonyl (C=S) groups is 1. The Hall–Kier alpha value is -2.44. The van der Waals surface area contributed by atoms with Gasteiger partial charge in [-0.05, 0) is 48.6 Å². The van der Waals surface area contributed by atoms with E-state index in [9.17, 15) is 9.59 Å². The summed E-state index contributed by atoms with van der Waals surface area (Å²) in [5.41, 5.74) is 4.03. The van der Waals surface area contributed by atoms with E-state index in [1.807, 2.05) is 49.4 Å². The minimum atomic E-state index is -0.701. The fourth-order valence-electron chi connectivity index (χ4n) is 3.05. The van der Waals surface area contributed by atoms with E-state index in [4.69, 9.17) is 12.2 Å².